The molecule has 4 aromatic carbocycles. The van der Waals surface area contributed by atoms with Crippen molar-refractivity contribution in [3.8, 4) is 16.8 Å². The number of pyridine rings is 2. The van der Waals surface area contributed by atoms with Crippen LogP contribution in [0.4, 0.5) is 0 Å². The van der Waals surface area contributed by atoms with Gasteiger partial charge in [-0.05, 0) is 78.2 Å². The molecule has 0 fully saturated rings. The third-order valence-corrected chi connectivity index (χ3v) is 8.98. The minimum Gasteiger partial charge on any atom is -0.336 e. The molecule has 0 unspecified atom stereocenters. The predicted octanol–water partition coefficient (Wildman–Crippen LogP) is 9.95. The molecule has 4 nitrogen and oxygen atoms in total. The van der Waals surface area contributed by atoms with Gasteiger partial charge < -0.3 is 9.13 Å². The van der Waals surface area contributed by atoms with E-state index in [1.165, 1.54) is 54.8 Å². The van der Waals surface area contributed by atoms with Gasteiger partial charge in [-0.1, -0.05) is 73.3 Å². The van der Waals surface area contributed by atoms with E-state index >= 15 is 0 Å². The zero-order chi connectivity index (χ0) is 29.4. The first kappa shape index (κ1) is 24.8. The largest absolute Gasteiger partial charge is 0.336 e. The average Bonchev–Trinajstić information content (AvgIpc) is 3.57. The number of para-hydroxylation sites is 2. The number of allylic oxidation sites excluding steroid dienone is 5. The molecule has 5 heterocycles. The van der Waals surface area contributed by atoms with Crippen molar-refractivity contribution in [2.45, 2.75) is 13.5 Å². The van der Waals surface area contributed by atoms with Gasteiger partial charge in [0.25, 0.3) is 0 Å². The lowest BCUT2D eigenvalue weighted by Gasteiger charge is -2.13. The monoisotopic (exact) mass is 564 g/mol. The molecular formula is C40H28N4. The van der Waals surface area contributed by atoms with Gasteiger partial charge in [-0.15, -0.1) is 0 Å². The molecule has 9 rings (SSSR count). The highest BCUT2D eigenvalue weighted by atomic mass is 15.0. The number of rotatable bonds is 2. The fourth-order valence-electron chi connectivity index (χ4n) is 7.05. The zero-order valence-corrected chi connectivity index (χ0v) is 24.3. The van der Waals surface area contributed by atoms with E-state index in [0.29, 0.717) is 0 Å². The Hall–Kier alpha value is -5.74. The van der Waals surface area contributed by atoms with E-state index in [2.05, 4.69) is 136 Å². The molecule has 4 heteroatoms. The number of hydrogen-bond acceptors (Lipinski definition) is 2. The van der Waals surface area contributed by atoms with Gasteiger partial charge in [0.2, 0.25) is 0 Å². The number of hydrogen-bond donors (Lipinski definition) is 0. The molecule has 1 aliphatic heterocycles. The first-order chi connectivity index (χ1) is 21.7. The molecule has 208 valence electrons. The molecule has 0 bridgehead atoms. The molecule has 8 aromatic rings. The van der Waals surface area contributed by atoms with Crippen LogP contribution in [0, 0.1) is 6.92 Å². The Morgan fingerprint density at radius 1 is 0.682 bits per heavy atom. The third-order valence-electron chi connectivity index (χ3n) is 8.98. The Balaban J connectivity index is 1.33. The van der Waals surface area contributed by atoms with Gasteiger partial charge in [0.1, 0.15) is 0 Å². The van der Waals surface area contributed by atoms with Crippen LogP contribution in [0.2, 0.25) is 0 Å². The summed E-state index contributed by atoms with van der Waals surface area (Å²) in [6.07, 6.45) is 10.4. The van der Waals surface area contributed by atoms with Crippen molar-refractivity contribution in [2.24, 2.45) is 0 Å². The molecule has 0 N–H and O–H groups in total. The first-order valence-electron chi connectivity index (χ1n) is 15.0. The molecule has 0 atom stereocenters. The first-order valence-corrected chi connectivity index (χ1v) is 15.0. The van der Waals surface area contributed by atoms with E-state index in [0.717, 1.165) is 40.0 Å². The fourth-order valence-corrected chi connectivity index (χ4v) is 7.05. The normalized spacial score (nSPS) is 14.8. The maximum atomic E-state index is 4.71. The molecule has 0 aliphatic carbocycles. The summed E-state index contributed by atoms with van der Waals surface area (Å²) in [7, 11) is 0. The van der Waals surface area contributed by atoms with Gasteiger partial charge in [0.15, 0.2) is 5.65 Å². The molecule has 4 aromatic heterocycles. The number of aromatic nitrogens is 4. The van der Waals surface area contributed by atoms with Crippen molar-refractivity contribution in [1.82, 2.24) is 19.1 Å². The van der Waals surface area contributed by atoms with Crippen molar-refractivity contribution in [3.63, 3.8) is 0 Å². The molecule has 1 aliphatic rings. The van der Waals surface area contributed by atoms with Crippen molar-refractivity contribution in [3.05, 3.63) is 145 Å². The smallest absolute Gasteiger partial charge is 0.161 e. The quantitative estimate of drug-likeness (QED) is 0.209. The summed E-state index contributed by atoms with van der Waals surface area (Å²) in [5, 5.41) is 6.00. The minimum atomic E-state index is 0.762. The average molecular weight is 565 g/mol. The van der Waals surface area contributed by atoms with Crippen molar-refractivity contribution < 1.29 is 0 Å². The van der Waals surface area contributed by atoms with Gasteiger partial charge in [0, 0.05) is 56.4 Å². The van der Waals surface area contributed by atoms with Gasteiger partial charge in [-0.3, -0.25) is 0 Å². The molecule has 0 amide bonds. The Labute approximate surface area is 254 Å². The zero-order valence-electron chi connectivity index (χ0n) is 24.3. The topological polar surface area (TPSA) is 35.6 Å². The van der Waals surface area contributed by atoms with Gasteiger partial charge in [0.05, 0.1) is 22.2 Å². The summed E-state index contributed by atoms with van der Waals surface area (Å²) < 4.78 is 4.79. The maximum absolute atomic E-state index is 4.71. The summed E-state index contributed by atoms with van der Waals surface area (Å²) in [6, 6.07) is 35.2. The number of nitrogens with zero attached hydrogens (tertiary/aromatic N) is 4. The van der Waals surface area contributed by atoms with E-state index in [1.54, 1.807) is 0 Å². The lowest BCUT2D eigenvalue weighted by Crippen LogP contribution is -1.99. The van der Waals surface area contributed by atoms with Crippen LogP contribution in [0.1, 0.15) is 11.3 Å². The summed E-state index contributed by atoms with van der Waals surface area (Å²) >= 11 is 0. The van der Waals surface area contributed by atoms with Crippen LogP contribution in [0.5, 0.6) is 0 Å². The minimum absolute atomic E-state index is 0.762. The van der Waals surface area contributed by atoms with Crippen molar-refractivity contribution in [2.75, 3.05) is 0 Å². The second kappa shape index (κ2) is 9.38. The summed E-state index contributed by atoms with van der Waals surface area (Å²) in [5.74, 6) is 0. The van der Waals surface area contributed by atoms with Crippen LogP contribution in [0.3, 0.4) is 0 Å². The van der Waals surface area contributed by atoms with Gasteiger partial charge in [-0.25, -0.2) is 9.97 Å². The standard InChI is InChI=1S/C40H28N4/c1-25-11-4-3-9-20-43-35-15-7-5-13-30(35)34-24-28(23-32(25)39(34)43)27-17-18-37-33(22-27)29-12-6-8-16-36(29)44(37)38-21-26(2)42-40-31(38)14-10-19-41-40/h3-19,21-24H,1,20H2,2H3/b9-3-,11-4-. The SMILES string of the molecule is C=C1/C=C\C=C/Cn2c3ccccc3c3cc(-c4ccc5c(c4)c4ccccc4n5-c4cc(C)nc5ncccc45)cc1c32. The Bertz CT molecular complexity index is 2560. The summed E-state index contributed by atoms with van der Waals surface area (Å²) in [5.41, 5.74) is 12.2. The van der Waals surface area contributed by atoms with Crippen LogP contribution >= 0.6 is 0 Å². The van der Waals surface area contributed by atoms with E-state index < -0.39 is 0 Å². The van der Waals surface area contributed by atoms with Crippen LogP contribution in [0.15, 0.2) is 134 Å². The molecule has 44 heavy (non-hydrogen) atoms. The number of benzene rings is 4. The number of fused-ring (bicyclic) bond motifs is 7. The second-order valence-electron chi connectivity index (χ2n) is 11.6. The Morgan fingerprint density at radius 3 is 2.32 bits per heavy atom. The highest BCUT2D eigenvalue weighted by molar-refractivity contribution is 6.15. The Morgan fingerprint density at radius 2 is 1.43 bits per heavy atom. The molecule has 0 saturated heterocycles. The Kier molecular flexibility index (Phi) is 5.29. The van der Waals surface area contributed by atoms with Crippen LogP contribution in [-0.2, 0) is 6.54 Å². The predicted molar refractivity (Wildman–Crippen MR) is 184 cm³/mol. The van der Waals surface area contributed by atoms with E-state index in [1.807, 2.05) is 19.2 Å². The third kappa shape index (κ3) is 3.58. The summed E-state index contributed by atoms with van der Waals surface area (Å²) in [4.78, 5) is 9.29. The number of aryl methyl sites for hydroxylation is 1. The molecule has 0 saturated carbocycles. The lowest BCUT2D eigenvalue weighted by atomic mass is 9.95. The second-order valence-corrected chi connectivity index (χ2v) is 11.6. The highest BCUT2D eigenvalue weighted by Crippen LogP contribution is 2.41. The lowest BCUT2D eigenvalue weighted by molar-refractivity contribution is 0.898. The van der Waals surface area contributed by atoms with Crippen LogP contribution in [-0.4, -0.2) is 19.1 Å². The van der Waals surface area contributed by atoms with E-state index in [9.17, 15) is 0 Å². The van der Waals surface area contributed by atoms with Crippen molar-refractivity contribution in [1.29, 1.82) is 0 Å². The molecule has 0 radical (unpaired) electrons. The van der Waals surface area contributed by atoms with Crippen LogP contribution in [0.25, 0.3) is 77.0 Å². The molecule has 0 spiro atoms. The van der Waals surface area contributed by atoms with E-state index in [-0.39, 0.29) is 0 Å². The highest BCUT2D eigenvalue weighted by Gasteiger charge is 2.19. The fraction of sp³-hybridized carbons (Fsp3) is 0.0500. The van der Waals surface area contributed by atoms with Gasteiger partial charge in [-0.2, -0.15) is 0 Å². The molecular weight excluding hydrogens is 536 g/mol. The summed E-state index contributed by atoms with van der Waals surface area (Å²) in [6.45, 7) is 7.35. The van der Waals surface area contributed by atoms with Gasteiger partial charge >= 0.3 is 0 Å². The van der Waals surface area contributed by atoms with Crippen LogP contribution < -0.4 is 0 Å². The van der Waals surface area contributed by atoms with Crippen molar-refractivity contribution >= 4 is 60.2 Å². The van der Waals surface area contributed by atoms with E-state index in [4.69, 9.17) is 4.98 Å². The maximum Gasteiger partial charge on any atom is 0.161 e.